The van der Waals surface area contributed by atoms with Crippen LogP contribution < -0.4 is 0 Å². The summed E-state index contributed by atoms with van der Waals surface area (Å²) in [6.07, 6.45) is -12.4. The maximum Gasteiger partial charge on any atom is 0.414 e. The molecule has 3 nitrogen and oxygen atoms in total. The second-order valence-electron chi connectivity index (χ2n) is 3.54. The monoisotopic (exact) mass is 293 g/mol. The predicted octanol–water partition coefficient (Wildman–Crippen LogP) is 1.98. The Kier molecular flexibility index (Phi) is 4.35. The summed E-state index contributed by atoms with van der Waals surface area (Å²) in [5.41, 5.74) is -1.66. The molecule has 0 aliphatic carbocycles. The Balaban J connectivity index is 3.10. The first-order valence-corrected chi connectivity index (χ1v) is 4.68. The number of alkyl halides is 3. The quantitative estimate of drug-likeness (QED) is 0.662. The van der Waals surface area contributed by atoms with Gasteiger partial charge in [-0.25, -0.2) is 8.78 Å². The molecule has 0 spiro atoms. The van der Waals surface area contributed by atoms with E-state index in [1.165, 1.54) is 0 Å². The summed E-state index contributed by atoms with van der Waals surface area (Å²) < 4.78 is 87.4. The van der Waals surface area contributed by atoms with Gasteiger partial charge >= 0.3 is 6.18 Å². The van der Waals surface area contributed by atoms with E-state index >= 15 is 0 Å². The van der Waals surface area contributed by atoms with E-state index in [1.807, 2.05) is 0 Å². The number of nitrogens with zero attached hydrogens (tertiary/aromatic N) is 1. The van der Waals surface area contributed by atoms with Crippen molar-refractivity contribution in [2.45, 2.75) is 24.8 Å². The minimum Gasteiger partial charge on any atom is -0.388 e. The minimum absolute atomic E-state index is 1.58. The molecule has 108 valence electrons. The third-order valence-electron chi connectivity index (χ3n) is 2.19. The zero-order valence-electron chi connectivity index (χ0n) is 8.85. The SMILES string of the molecule is OC(CC(O)C(F)(F)F)c1c(F)c(F)nc(F)c1F. The Morgan fingerprint density at radius 2 is 1.37 bits per heavy atom. The van der Waals surface area contributed by atoms with Gasteiger partial charge in [0.2, 0.25) is 0 Å². The van der Waals surface area contributed by atoms with Crippen molar-refractivity contribution in [1.82, 2.24) is 4.98 Å². The maximum absolute atomic E-state index is 13.1. The van der Waals surface area contributed by atoms with Crippen LogP contribution in [-0.2, 0) is 0 Å². The van der Waals surface area contributed by atoms with Gasteiger partial charge in [-0.2, -0.15) is 26.9 Å². The highest BCUT2D eigenvalue weighted by atomic mass is 19.4. The van der Waals surface area contributed by atoms with Gasteiger partial charge in [-0.05, 0) is 0 Å². The average molecular weight is 293 g/mol. The molecule has 0 bridgehead atoms. The van der Waals surface area contributed by atoms with Gasteiger partial charge in [0.05, 0.1) is 11.7 Å². The second kappa shape index (κ2) is 5.29. The van der Waals surface area contributed by atoms with Crippen LogP contribution in [-0.4, -0.2) is 27.5 Å². The Labute approximate surface area is 101 Å². The van der Waals surface area contributed by atoms with E-state index in [9.17, 15) is 30.7 Å². The van der Waals surface area contributed by atoms with Crippen LogP contribution >= 0.6 is 0 Å². The number of pyridine rings is 1. The van der Waals surface area contributed by atoms with Gasteiger partial charge in [-0.15, -0.1) is 0 Å². The molecule has 19 heavy (non-hydrogen) atoms. The highest BCUT2D eigenvalue weighted by Crippen LogP contribution is 2.31. The van der Waals surface area contributed by atoms with Crippen LogP contribution in [0.4, 0.5) is 30.7 Å². The van der Waals surface area contributed by atoms with Crippen LogP contribution in [0.2, 0.25) is 0 Å². The van der Waals surface area contributed by atoms with Gasteiger partial charge in [0.25, 0.3) is 11.9 Å². The predicted molar refractivity (Wildman–Crippen MR) is 45.7 cm³/mol. The smallest absolute Gasteiger partial charge is 0.388 e. The molecule has 2 unspecified atom stereocenters. The number of aliphatic hydroxyl groups excluding tert-OH is 2. The first-order valence-electron chi connectivity index (χ1n) is 4.68. The van der Waals surface area contributed by atoms with E-state index in [0.717, 1.165) is 0 Å². The minimum atomic E-state index is -5.15. The van der Waals surface area contributed by atoms with Crippen molar-refractivity contribution in [3.63, 3.8) is 0 Å². The van der Waals surface area contributed by atoms with Crippen molar-refractivity contribution < 1.29 is 40.9 Å². The summed E-state index contributed by atoms with van der Waals surface area (Å²) in [7, 11) is 0. The molecule has 2 atom stereocenters. The zero-order valence-corrected chi connectivity index (χ0v) is 8.85. The van der Waals surface area contributed by atoms with E-state index in [0.29, 0.717) is 0 Å². The lowest BCUT2D eigenvalue weighted by Gasteiger charge is -2.19. The van der Waals surface area contributed by atoms with Gasteiger partial charge in [0.15, 0.2) is 17.7 Å². The summed E-state index contributed by atoms with van der Waals surface area (Å²) in [6.45, 7) is 0. The van der Waals surface area contributed by atoms with Crippen LogP contribution in [0.15, 0.2) is 0 Å². The van der Waals surface area contributed by atoms with Crippen molar-refractivity contribution in [2.75, 3.05) is 0 Å². The Bertz CT molecular complexity index is 450. The van der Waals surface area contributed by atoms with Gasteiger partial charge in [-0.3, -0.25) is 0 Å². The number of aliphatic hydroxyl groups is 2. The van der Waals surface area contributed by atoms with Crippen molar-refractivity contribution in [2.24, 2.45) is 0 Å². The van der Waals surface area contributed by atoms with Crippen molar-refractivity contribution >= 4 is 0 Å². The normalized spacial score (nSPS) is 15.4. The molecular formula is C9H6F7NO2. The highest BCUT2D eigenvalue weighted by molar-refractivity contribution is 5.20. The molecule has 0 aromatic carbocycles. The molecule has 0 radical (unpaired) electrons. The molecule has 0 aliphatic rings. The van der Waals surface area contributed by atoms with Crippen molar-refractivity contribution in [1.29, 1.82) is 0 Å². The molecule has 0 amide bonds. The number of hydrogen-bond donors (Lipinski definition) is 2. The summed E-state index contributed by atoms with van der Waals surface area (Å²) in [5, 5.41) is 17.8. The fourth-order valence-corrected chi connectivity index (χ4v) is 1.26. The van der Waals surface area contributed by atoms with Crippen LogP contribution in [0.3, 0.4) is 0 Å². The second-order valence-corrected chi connectivity index (χ2v) is 3.54. The van der Waals surface area contributed by atoms with E-state index in [4.69, 9.17) is 10.2 Å². The third-order valence-corrected chi connectivity index (χ3v) is 2.19. The standard InChI is InChI=1S/C9H6F7NO2/c10-5-4(6(11)8(13)17-7(5)12)2(18)1-3(19)9(14,15)16/h2-3,18-19H,1H2. The fourth-order valence-electron chi connectivity index (χ4n) is 1.26. The molecule has 10 heteroatoms. The summed E-state index contributed by atoms with van der Waals surface area (Å²) in [6, 6.07) is 0. The van der Waals surface area contributed by atoms with E-state index < -0.39 is 53.9 Å². The molecule has 0 aliphatic heterocycles. The van der Waals surface area contributed by atoms with E-state index in [1.54, 1.807) is 0 Å². The van der Waals surface area contributed by atoms with Crippen molar-refractivity contribution in [3.8, 4) is 0 Å². The Hall–Kier alpha value is -1.42. The van der Waals surface area contributed by atoms with Crippen LogP contribution in [0.1, 0.15) is 18.1 Å². The Morgan fingerprint density at radius 3 is 1.74 bits per heavy atom. The number of rotatable bonds is 3. The van der Waals surface area contributed by atoms with Crippen LogP contribution in [0.5, 0.6) is 0 Å². The van der Waals surface area contributed by atoms with E-state index in [-0.39, 0.29) is 0 Å². The number of hydrogen-bond acceptors (Lipinski definition) is 3. The lowest BCUT2D eigenvalue weighted by atomic mass is 10.0. The lowest BCUT2D eigenvalue weighted by Crippen LogP contribution is -2.30. The first kappa shape index (κ1) is 15.6. The maximum atomic E-state index is 13.1. The molecule has 0 fully saturated rings. The first-order chi connectivity index (χ1) is 8.55. The molecule has 0 saturated carbocycles. The molecule has 1 heterocycles. The van der Waals surface area contributed by atoms with Gasteiger partial charge in [0.1, 0.15) is 0 Å². The average Bonchev–Trinajstić information content (AvgIpc) is 2.25. The van der Waals surface area contributed by atoms with Gasteiger partial charge in [0, 0.05) is 6.42 Å². The lowest BCUT2D eigenvalue weighted by molar-refractivity contribution is -0.211. The topological polar surface area (TPSA) is 53.4 Å². The molecule has 1 rings (SSSR count). The van der Waals surface area contributed by atoms with E-state index in [2.05, 4.69) is 4.98 Å². The third kappa shape index (κ3) is 3.32. The molecule has 2 N–H and O–H groups in total. The summed E-state index contributed by atoms with van der Waals surface area (Å²) >= 11 is 0. The van der Waals surface area contributed by atoms with Crippen molar-refractivity contribution in [3.05, 3.63) is 29.1 Å². The molecule has 0 saturated heterocycles. The molecule has 1 aromatic heterocycles. The molecular weight excluding hydrogens is 287 g/mol. The Morgan fingerprint density at radius 1 is 0.947 bits per heavy atom. The summed E-state index contributed by atoms with van der Waals surface area (Å²) in [5.74, 6) is -8.48. The van der Waals surface area contributed by atoms with Crippen LogP contribution in [0.25, 0.3) is 0 Å². The number of aromatic nitrogens is 1. The molecule has 1 aromatic rings. The zero-order chi connectivity index (χ0) is 15.0. The van der Waals surface area contributed by atoms with Crippen LogP contribution in [0, 0.1) is 23.5 Å². The van der Waals surface area contributed by atoms with Gasteiger partial charge in [-0.1, -0.05) is 0 Å². The number of halogens is 7. The largest absolute Gasteiger partial charge is 0.414 e. The van der Waals surface area contributed by atoms with Gasteiger partial charge < -0.3 is 10.2 Å². The fraction of sp³-hybridized carbons (Fsp3) is 0.444. The summed E-state index contributed by atoms with van der Waals surface area (Å²) in [4.78, 5) is 2.16. The highest BCUT2D eigenvalue weighted by Gasteiger charge is 2.40.